The standard InChI is InChI=1S/C14H9Br2N5/c15-9-3-1-8(2-4-9)6-21-12(16)10(5-17)11-13(18)19-7-20-14(11)21/h1-4,7H,6H2,(H2,18,19,20). The van der Waals surface area contributed by atoms with E-state index in [9.17, 15) is 5.26 Å². The average Bonchev–Trinajstić information content (AvgIpc) is 2.75. The Bertz CT molecular complexity index is 862. The highest BCUT2D eigenvalue weighted by atomic mass is 79.9. The highest BCUT2D eigenvalue weighted by Crippen LogP contribution is 2.31. The Morgan fingerprint density at radius 3 is 2.57 bits per heavy atom. The number of nitrogens with two attached hydrogens (primary N) is 1. The van der Waals surface area contributed by atoms with Gasteiger partial charge in [-0.25, -0.2) is 9.97 Å². The van der Waals surface area contributed by atoms with Crippen LogP contribution in [0.5, 0.6) is 0 Å². The molecule has 7 heteroatoms. The molecule has 0 fully saturated rings. The SMILES string of the molecule is N#Cc1c(Br)n(Cc2ccc(Br)cc2)c2ncnc(N)c12. The minimum absolute atomic E-state index is 0.312. The van der Waals surface area contributed by atoms with Crippen molar-refractivity contribution < 1.29 is 0 Å². The number of halogens is 2. The number of hydrogen-bond acceptors (Lipinski definition) is 4. The summed E-state index contributed by atoms with van der Waals surface area (Å²) in [6, 6.07) is 10.1. The summed E-state index contributed by atoms with van der Waals surface area (Å²) >= 11 is 6.88. The topological polar surface area (TPSA) is 80.5 Å². The van der Waals surface area contributed by atoms with Crippen molar-refractivity contribution in [2.75, 3.05) is 5.73 Å². The largest absolute Gasteiger partial charge is 0.383 e. The third kappa shape index (κ3) is 2.41. The van der Waals surface area contributed by atoms with Crippen LogP contribution in [0.1, 0.15) is 11.1 Å². The first-order chi connectivity index (χ1) is 10.1. The van der Waals surface area contributed by atoms with Gasteiger partial charge in [0.05, 0.1) is 17.5 Å². The lowest BCUT2D eigenvalue weighted by Crippen LogP contribution is -2.02. The van der Waals surface area contributed by atoms with Gasteiger partial charge in [0.25, 0.3) is 0 Å². The van der Waals surface area contributed by atoms with E-state index in [-0.39, 0.29) is 0 Å². The maximum absolute atomic E-state index is 9.35. The maximum atomic E-state index is 9.35. The summed E-state index contributed by atoms with van der Waals surface area (Å²) in [5, 5.41) is 9.93. The molecule has 2 N–H and O–H groups in total. The second kappa shape index (κ2) is 5.47. The molecule has 0 saturated heterocycles. The summed E-state index contributed by atoms with van der Waals surface area (Å²) in [4.78, 5) is 8.23. The van der Waals surface area contributed by atoms with Crippen LogP contribution in [-0.2, 0) is 6.54 Å². The van der Waals surface area contributed by atoms with E-state index in [4.69, 9.17) is 5.73 Å². The van der Waals surface area contributed by atoms with Gasteiger partial charge in [0.2, 0.25) is 0 Å². The molecule has 0 spiro atoms. The Labute approximate surface area is 137 Å². The molecule has 0 aliphatic heterocycles. The van der Waals surface area contributed by atoms with E-state index >= 15 is 0 Å². The van der Waals surface area contributed by atoms with Gasteiger partial charge in [0.1, 0.15) is 28.5 Å². The van der Waals surface area contributed by atoms with Crippen molar-refractivity contribution in [3.8, 4) is 6.07 Å². The molecule has 0 aliphatic carbocycles. The van der Waals surface area contributed by atoms with Gasteiger partial charge >= 0.3 is 0 Å². The van der Waals surface area contributed by atoms with Crippen LogP contribution < -0.4 is 5.73 Å². The molecule has 5 nitrogen and oxygen atoms in total. The number of nitrogen functional groups attached to an aromatic ring is 1. The number of rotatable bonds is 2. The molecule has 21 heavy (non-hydrogen) atoms. The Balaban J connectivity index is 2.19. The first-order valence-electron chi connectivity index (χ1n) is 6.04. The number of fused-ring (bicyclic) bond motifs is 1. The zero-order valence-corrected chi connectivity index (χ0v) is 13.9. The molecule has 0 saturated carbocycles. The van der Waals surface area contributed by atoms with Crippen molar-refractivity contribution in [2.45, 2.75) is 6.54 Å². The molecule has 104 valence electrons. The van der Waals surface area contributed by atoms with E-state index < -0.39 is 0 Å². The molecule has 0 unspecified atom stereocenters. The van der Waals surface area contributed by atoms with Gasteiger partial charge in [-0.3, -0.25) is 0 Å². The predicted molar refractivity (Wildman–Crippen MR) is 87.6 cm³/mol. The van der Waals surface area contributed by atoms with E-state index in [0.717, 1.165) is 10.0 Å². The molecule has 0 radical (unpaired) electrons. The maximum Gasteiger partial charge on any atom is 0.148 e. The van der Waals surface area contributed by atoms with Crippen LogP contribution >= 0.6 is 31.9 Å². The molecule has 0 aliphatic rings. The van der Waals surface area contributed by atoms with Gasteiger partial charge in [-0.2, -0.15) is 5.26 Å². The van der Waals surface area contributed by atoms with Crippen molar-refractivity contribution in [3.63, 3.8) is 0 Å². The fourth-order valence-corrected chi connectivity index (χ4v) is 3.03. The average molecular weight is 407 g/mol. The van der Waals surface area contributed by atoms with Crippen molar-refractivity contribution in [1.82, 2.24) is 14.5 Å². The lowest BCUT2D eigenvalue weighted by molar-refractivity contribution is 0.803. The molecule has 0 atom stereocenters. The highest BCUT2D eigenvalue weighted by molar-refractivity contribution is 9.10. The molecule has 0 bridgehead atoms. The number of anilines is 1. The van der Waals surface area contributed by atoms with E-state index in [0.29, 0.717) is 33.6 Å². The monoisotopic (exact) mass is 405 g/mol. The van der Waals surface area contributed by atoms with Gasteiger partial charge in [0, 0.05) is 4.47 Å². The van der Waals surface area contributed by atoms with E-state index in [1.54, 1.807) is 0 Å². The predicted octanol–water partition coefficient (Wildman–Crippen LogP) is 3.46. The Kier molecular flexibility index (Phi) is 3.66. The Morgan fingerprint density at radius 2 is 1.90 bits per heavy atom. The summed E-state index contributed by atoms with van der Waals surface area (Å²) in [6.07, 6.45) is 1.41. The van der Waals surface area contributed by atoms with Crippen LogP contribution in [0.2, 0.25) is 0 Å². The second-order valence-electron chi connectivity index (χ2n) is 4.45. The first kappa shape index (κ1) is 14.0. The molecule has 2 heterocycles. The number of aromatic nitrogens is 3. The number of benzene rings is 1. The first-order valence-corrected chi connectivity index (χ1v) is 7.63. The molecule has 2 aromatic heterocycles. The summed E-state index contributed by atoms with van der Waals surface area (Å²) in [6.45, 7) is 0.586. The normalized spacial score (nSPS) is 10.7. The van der Waals surface area contributed by atoms with E-state index in [2.05, 4.69) is 47.9 Å². The molecule has 3 rings (SSSR count). The zero-order chi connectivity index (χ0) is 15.0. The van der Waals surface area contributed by atoms with Crippen LogP contribution in [0.25, 0.3) is 11.0 Å². The van der Waals surface area contributed by atoms with Crippen LogP contribution in [0.3, 0.4) is 0 Å². The Hall–Kier alpha value is -1.91. The highest BCUT2D eigenvalue weighted by Gasteiger charge is 2.19. The third-order valence-electron chi connectivity index (χ3n) is 3.17. The quantitative estimate of drug-likeness (QED) is 0.706. The zero-order valence-electron chi connectivity index (χ0n) is 10.7. The second-order valence-corrected chi connectivity index (χ2v) is 6.11. The van der Waals surface area contributed by atoms with Crippen LogP contribution in [0, 0.1) is 11.3 Å². The smallest absolute Gasteiger partial charge is 0.148 e. The van der Waals surface area contributed by atoms with Crippen molar-refractivity contribution >= 4 is 48.7 Å². The fourth-order valence-electron chi connectivity index (χ4n) is 2.18. The van der Waals surface area contributed by atoms with Gasteiger partial charge in [-0.15, -0.1) is 0 Å². The molecule has 0 amide bonds. The lowest BCUT2D eigenvalue weighted by atomic mass is 10.2. The number of nitriles is 1. The van der Waals surface area contributed by atoms with Crippen LogP contribution in [0.4, 0.5) is 5.82 Å². The minimum Gasteiger partial charge on any atom is -0.383 e. The molecular formula is C14H9Br2N5. The molecule has 1 aromatic carbocycles. The Morgan fingerprint density at radius 1 is 1.19 bits per heavy atom. The van der Waals surface area contributed by atoms with Gasteiger partial charge in [0.15, 0.2) is 0 Å². The third-order valence-corrected chi connectivity index (χ3v) is 4.52. The van der Waals surface area contributed by atoms with Crippen LogP contribution in [-0.4, -0.2) is 14.5 Å². The van der Waals surface area contributed by atoms with Crippen LogP contribution in [0.15, 0.2) is 39.7 Å². The van der Waals surface area contributed by atoms with Gasteiger partial charge < -0.3 is 10.3 Å². The van der Waals surface area contributed by atoms with E-state index in [1.807, 2.05) is 28.8 Å². The summed E-state index contributed by atoms with van der Waals surface area (Å²) < 4.78 is 3.59. The number of hydrogen-bond donors (Lipinski definition) is 1. The molecular weight excluding hydrogens is 398 g/mol. The van der Waals surface area contributed by atoms with E-state index in [1.165, 1.54) is 6.33 Å². The summed E-state index contributed by atoms with van der Waals surface area (Å²) in [5.41, 5.74) is 8.09. The molecule has 3 aromatic rings. The fraction of sp³-hybridized carbons (Fsp3) is 0.0714. The van der Waals surface area contributed by atoms with Gasteiger partial charge in [-0.1, -0.05) is 28.1 Å². The van der Waals surface area contributed by atoms with Crippen molar-refractivity contribution in [2.24, 2.45) is 0 Å². The van der Waals surface area contributed by atoms with Crippen molar-refractivity contribution in [1.29, 1.82) is 5.26 Å². The van der Waals surface area contributed by atoms with Crippen molar-refractivity contribution in [3.05, 3.63) is 50.8 Å². The minimum atomic E-state index is 0.312. The summed E-state index contributed by atoms with van der Waals surface area (Å²) in [7, 11) is 0. The lowest BCUT2D eigenvalue weighted by Gasteiger charge is -2.07. The summed E-state index contributed by atoms with van der Waals surface area (Å²) in [5.74, 6) is 0.312. The number of nitrogens with zero attached hydrogens (tertiary/aromatic N) is 4. The van der Waals surface area contributed by atoms with Gasteiger partial charge in [-0.05, 0) is 33.6 Å².